The summed E-state index contributed by atoms with van der Waals surface area (Å²) in [6.45, 7) is 5.10. The number of anilines is 1. The van der Waals surface area contributed by atoms with Crippen molar-refractivity contribution in [1.29, 1.82) is 0 Å². The van der Waals surface area contributed by atoms with E-state index in [0.29, 0.717) is 12.2 Å². The maximum absolute atomic E-state index is 14.0. The van der Waals surface area contributed by atoms with Crippen LogP contribution >= 0.6 is 11.3 Å². The first kappa shape index (κ1) is 19.5. The number of rotatable bonds is 4. The normalized spacial score (nSPS) is 19.1. The summed E-state index contributed by atoms with van der Waals surface area (Å²) < 4.78 is 28.1. The van der Waals surface area contributed by atoms with E-state index in [9.17, 15) is 13.6 Å². The van der Waals surface area contributed by atoms with Gasteiger partial charge in [0, 0.05) is 31.9 Å². The molecule has 2 aliphatic heterocycles. The van der Waals surface area contributed by atoms with Gasteiger partial charge in [0.05, 0.1) is 23.5 Å². The van der Waals surface area contributed by atoms with E-state index in [1.807, 2.05) is 0 Å². The Kier molecular flexibility index (Phi) is 5.29. The second-order valence-electron chi connectivity index (χ2n) is 6.86. The van der Waals surface area contributed by atoms with Crippen molar-refractivity contribution in [1.82, 2.24) is 20.5 Å². The molecule has 10 heteroatoms. The number of nitrogens with one attached hydrogen (secondary N) is 2. The fourth-order valence-electron chi connectivity index (χ4n) is 3.46. The van der Waals surface area contributed by atoms with Crippen molar-refractivity contribution in [3.8, 4) is 10.6 Å². The molecule has 4 N–H and O–H groups in total. The topological polar surface area (TPSA) is 95.6 Å². The number of amides is 1. The van der Waals surface area contributed by atoms with Crippen LogP contribution in [-0.4, -0.2) is 54.2 Å². The van der Waals surface area contributed by atoms with E-state index < -0.39 is 17.5 Å². The minimum absolute atomic E-state index is 0.0215. The molecule has 7 nitrogen and oxygen atoms in total. The van der Waals surface area contributed by atoms with E-state index in [4.69, 9.17) is 5.73 Å². The average molecular weight is 418 g/mol. The van der Waals surface area contributed by atoms with Gasteiger partial charge in [-0.1, -0.05) is 17.4 Å². The number of carbonyl (C=O) groups excluding carboxylic acids is 1. The highest BCUT2D eigenvalue weighted by Gasteiger charge is 2.27. The Balaban J connectivity index is 1.60. The maximum atomic E-state index is 14.0. The number of carbonyl (C=O) groups is 1. The molecule has 1 saturated heterocycles. The number of allylic oxidation sites excluding steroid dienone is 1. The van der Waals surface area contributed by atoms with Gasteiger partial charge in [-0.3, -0.25) is 9.79 Å². The molecule has 4 rings (SSSR count). The van der Waals surface area contributed by atoms with Crippen LogP contribution in [0.1, 0.15) is 17.4 Å². The van der Waals surface area contributed by atoms with Crippen LogP contribution < -0.4 is 16.4 Å². The van der Waals surface area contributed by atoms with E-state index in [2.05, 4.69) is 32.4 Å². The number of aliphatic imine (C=N–C) groups is 1. The van der Waals surface area contributed by atoms with Gasteiger partial charge >= 0.3 is 0 Å². The quantitative estimate of drug-likeness (QED) is 0.706. The second kappa shape index (κ2) is 7.88. The Morgan fingerprint density at radius 2 is 2.14 bits per heavy atom. The summed E-state index contributed by atoms with van der Waals surface area (Å²) in [5.41, 5.74) is 7.11. The number of nitrogens with zero attached hydrogens (tertiary/aromatic N) is 3. The summed E-state index contributed by atoms with van der Waals surface area (Å²) in [7, 11) is 0. The lowest BCUT2D eigenvalue weighted by Gasteiger charge is -2.37. The van der Waals surface area contributed by atoms with Crippen LogP contribution in [0.3, 0.4) is 0 Å². The predicted molar refractivity (Wildman–Crippen MR) is 109 cm³/mol. The highest BCUT2D eigenvalue weighted by atomic mass is 32.1. The number of hydrogen-bond donors (Lipinski definition) is 3. The smallest absolute Gasteiger partial charge is 0.277 e. The lowest BCUT2D eigenvalue weighted by atomic mass is 10.2. The molecule has 0 spiro atoms. The van der Waals surface area contributed by atoms with Crippen LogP contribution in [0.25, 0.3) is 10.6 Å². The summed E-state index contributed by atoms with van der Waals surface area (Å²) >= 11 is 0.869. The number of nitrogen functional groups attached to an aromatic ring is 1. The lowest BCUT2D eigenvalue weighted by molar-refractivity contribution is 0.0963. The fraction of sp³-hybridized carbons (Fsp3) is 0.316. The number of nitrogens with two attached hydrogens (primary N) is 1. The third-order valence-electron chi connectivity index (χ3n) is 4.91. The minimum Gasteiger partial charge on any atom is -0.389 e. The zero-order chi connectivity index (χ0) is 20.5. The van der Waals surface area contributed by atoms with Gasteiger partial charge in [-0.2, -0.15) is 0 Å². The summed E-state index contributed by atoms with van der Waals surface area (Å²) in [5.74, 6) is -2.05. The molecule has 0 unspecified atom stereocenters. The van der Waals surface area contributed by atoms with Gasteiger partial charge in [0.2, 0.25) is 0 Å². The molecule has 1 aromatic carbocycles. The molecular weight excluding hydrogens is 398 g/mol. The van der Waals surface area contributed by atoms with Crippen LogP contribution in [0.4, 0.5) is 13.8 Å². The van der Waals surface area contributed by atoms with Crippen molar-refractivity contribution in [3.63, 3.8) is 0 Å². The molecule has 29 heavy (non-hydrogen) atoms. The first-order valence-corrected chi connectivity index (χ1v) is 9.99. The first-order valence-electron chi connectivity index (χ1n) is 9.18. The monoisotopic (exact) mass is 418 g/mol. The molecule has 1 aromatic heterocycles. The Labute approximate surface area is 170 Å². The highest BCUT2D eigenvalue weighted by Crippen LogP contribution is 2.33. The molecule has 2 aromatic rings. The molecular formula is C19H20F2N6OS. The maximum Gasteiger partial charge on any atom is 0.277 e. The van der Waals surface area contributed by atoms with Gasteiger partial charge in [0.15, 0.2) is 5.69 Å². The second-order valence-corrected chi connectivity index (χ2v) is 7.89. The molecule has 1 amide bonds. The van der Waals surface area contributed by atoms with Crippen LogP contribution in [0.15, 0.2) is 34.6 Å². The van der Waals surface area contributed by atoms with Crippen LogP contribution in [-0.2, 0) is 0 Å². The van der Waals surface area contributed by atoms with Crippen LogP contribution in [0.2, 0.25) is 0 Å². The summed E-state index contributed by atoms with van der Waals surface area (Å²) in [6, 6.07) is 3.81. The first-order chi connectivity index (χ1) is 14.0. The SMILES string of the molecule is C[C@H]1CNCCN1C1=C(NC(=O)c2nc(-c3c(F)cccc3F)sc2N)C=NC1. The molecule has 152 valence electrons. The van der Waals surface area contributed by atoms with Gasteiger partial charge in [0.1, 0.15) is 21.6 Å². The number of halogens is 2. The number of hydrogen-bond acceptors (Lipinski definition) is 7. The van der Waals surface area contributed by atoms with Crippen molar-refractivity contribution in [2.24, 2.45) is 4.99 Å². The van der Waals surface area contributed by atoms with Gasteiger partial charge in [0.25, 0.3) is 5.91 Å². The number of thiazole rings is 1. The van der Waals surface area contributed by atoms with Gasteiger partial charge in [-0.25, -0.2) is 13.8 Å². The molecule has 2 aliphatic rings. The van der Waals surface area contributed by atoms with Crippen molar-refractivity contribution in [2.45, 2.75) is 13.0 Å². The van der Waals surface area contributed by atoms with Gasteiger partial charge < -0.3 is 21.3 Å². The zero-order valence-corrected chi connectivity index (χ0v) is 16.5. The molecule has 0 saturated carbocycles. The van der Waals surface area contributed by atoms with E-state index in [-0.39, 0.29) is 27.3 Å². The Morgan fingerprint density at radius 3 is 2.86 bits per heavy atom. The number of piperazine rings is 1. The van der Waals surface area contributed by atoms with Crippen molar-refractivity contribution in [2.75, 3.05) is 31.9 Å². The van der Waals surface area contributed by atoms with Crippen LogP contribution in [0.5, 0.6) is 0 Å². The van der Waals surface area contributed by atoms with E-state index in [1.54, 1.807) is 6.21 Å². The summed E-state index contributed by atoms with van der Waals surface area (Å²) in [6.07, 6.45) is 1.61. The Morgan fingerprint density at radius 1 is 1.38 bits per heavy atom. The van der Waals surface area contributed by atoms with E-state index in [0.717, 1.165) is 48.8 Å². The Bertz CT molecular complexity index is 998. The standard InChI is InChI=1S/C19H20F2N6OS/c1-10-7-23-5-6-27(10)14-9-24-8-13(14)25-18(28)16-17(22)29-19(26-16)15-11(20)3-2-4-12(15)21/h2-4,8,10,23H,5-7,9,22H2,1H3,(H,25,28)/t10-/m0/s1. The molecule has 0 aliphatic carbocycles. The van der Waals surface area contributed by atoms with Crippen molar-refractivity contribution >= 4 is 28.5 Å². The minimum atomic E-state index is -0.758. The van der Waals surface area contributed by atoms with Gasteiger partial charge in [-0.05, 0) is 19.1 Å². The Hall–Kier alpha value is -2.85. The third-order valence-corrected chi connectivity index (χ3v) is 5.82. The number of aromatic nitrogens is 1. The largest absolute Gasteiger partial charge is 0.389 e. The zero-order valence-electron chi connectivity index (χ0n) is 15.7. The third kappa shape index (κ3) is 3.73. The van der Waals surface area contributed by atoms with Gasteiger partial charge in [-0.15, -0.1) is 0 Å². The number of benzene rings is 1. The lowest BCUT2D eigenvalue weighted by Crippen LogP contribution is -2.50. The molecule has 3 heterocycles. The van der Waals surface area contributed by atoms with Crippen LogP contribution in [0, 0.1) is 11.6 Å². The van der Waals surface area contributed by atoms with E-state index in [1.165, 1.54) is 6.07 Å². The predicted octanol–water partition coefficient (Wildman–Crippen LogP) is 1.99. The molecule has 0 radical (unpaired) electrons. The molecule has 0 bridgehead atoms. The highest BCUT2D eigenvalue weighted by molar-refractivity contribution is 7.19. The van der Waals surface area contributed by atoms with E-state index >= 15 is 0 Å². The molecule has 1 fully saturated rings. The van der Waals surface area contributed by atoms with Crippen molar-refractivity contribution in [3.05, 3.63) is 46.9 Å². The van der Waals surface area contributed by atoms with Crippen molar-refractivity contribution < 1.29 is 13.6 Å². The summed E-state index contributed by atoms with van der Waals surface area (Å²) in [4.78, 5) is 23.4. The fourth-order valence-corrected chi connectivity index (χ4v) is 4.34. The molecule has 1 atom stereocenters. The average Bonchev–Trinajstić information content (AvgIpc) is 3.28. The summed E-state index contributed by atoms with van der Waals surface area (Å²) in [5, 5.41) is 6.24.